The fourth-order valence-electron chi connectivity index (χ4n) is 7.34. The Hall–Kier alpha value is -7.24. The molecule has 53 heavy (non-hydrogen) atoms. The minimum absolute atomic E-state index is 0.899. The highest BCUT2D eigenvalue weighted by atomic mass is 15.1. The SMILES string of the molecule is c1ccc(-c2nc3c4c(-c5ccc(-c6ccc(-c7cccc(-c8cccnc8)n7)cc6)cc5)nc5ccccc5c4ccc3n2-c2ccccc2)cc1. The number of benzene rings is 6. The van der Waals surface area contributed by atoms with Gasteiger partial charge in [0.05, 0.1) is 33.6 Å². The van der Waals surface area contributed by atoms with Crippen molar-refractivity contribution in [3.63, 3.8) is 0 Å². The van der Waals surface area contributed by atoms with Crippen LogP contribution in [0.2, 0.25) is 0 Å². The van der Waals surface area contributed by atoms with E-state index in [2.05, 4.69) is 143 Å². The summed E-state index contributed by atoms with van der Waals surface area (Å²) < 4.78 is 2.26. The van der Waals surface area contributed by atoms with E-state index in [1.165, 1.54) is 0 Å². The van der Waals surface area contributed by atoms with E-state index < -0.39 is 0 Å². The quantitative estimate of drug-likeness (QED) is 0.164. The second kappa shape index (κ2) is 12.8. The molecule has 4 aromatic heterocycles. The molecule has 0 spiro atoms. The van der Waals surface area contributed by atoms with Crippen molar-refractivity contribution in [1.29, 1.82) is 0 Å². The van der Waals surface area contributed by atoms with Gasteiger partial charge in [0.15, 0.2) is 0 Å². The normalized spacial score (nSPS) is 11.4. The Balaban J connectivity index is 1.09. The summed E-state index contributed by atoms with van der Waals surface area (Å²) in [5.74, 6) is 0.899. The van der Waals surface area contributed by atoms with Crippen molar-refractivity contribution in [2.75, 3.05) is 0 Å². The van der Waals surface area contributed by atoms with Gasteiger partial charge >= 0.3 is 0 Å². The number of pyridine rings is 3. The minimum atomic E-state index is 0.899. The van der Waals surface area contributed by atoms with Crippen LogP contribution in [0.1, 0.15) is 0 Å². The molecule has 0 unspecified atom stereocenters. The van der Waals surface area contributed by atoms with Crippen molar-refractivity contribution < 1.29 is 0 Å². The summed E-state index contributed by atoms with van der Waals surface area (Å²) in [5, 5.41) is 3.29. The summed E-state index contributed by atoms with van der Waals surface area (Å²) in [6.45, 7) is 0. The molecule has 0 aliphatic heterocycles. The molecule has 0 aliphatic carbocycles. The Morgan fingerprint density at radius 3 is 1.77 bits per heavy atom. The molecule has 248 valence electrons. The minimum Gasteiger partial charge on any atom is -0.292 e. The fourth-order valence-corrected chi connectivity index (χ4v) is 7.34. The van der Waals surface area contributed by atoms with Gasteiger partial charge in [0, 0.05) is 51.1 Å². The summed E-state index contributed by atoms with van der Waals surface area (Å²) in [7, 11) is 0. The van der Waals surface area contributed by atoms with Crippen LogP contribution < -0.4 is 0 Å². The van der Waals surface area contributed by atoms with Gasteiger partial charge in [0.2, 0.25) is 0 Å². The molecule has 0 fully saturated rings. The van der Waals surface area contributed by atoms with E-state index in [0.29, 0.717) is 0 Å². The Labute approximate surface area is 306 Å². The Morgan fingerprint density at radius 1 is 0.396 bits per heavy atom. The van der Waals surface area contributed by atoms with E-state index in [1.807, 2.05) is 48.7 Å². The highest BCUT2D eigenvalue weighted by Gasteiger charge is 2.20. The van der Waals surface area contributed by atoms with Gasteiger partial charge in [-0.25, -0.2) is 15.0 Å². The summed E-state index contributed by atoms with van der Waals surface area (Å²) in [6.07, 6.45) is 3.62. The first-order valence-corrected chi connectivity index (χ1v) is 17.7. The Kier molecular flexibility index (Phi) is 7.40. The zero-order valence-electron chi connectivity index (χ0n) is 28.6. The van der Waals surface area contributed by atoms with Gasteiger partial charge in [0.25, 0.3) is 0 Å². The number of para-hydroxylation sites is 2. The lowest BCUT2D eigenvalue weighted by molar-refractivity contribution is 1.10. The molecule has 0 saturated carbocycles. The van der Waals surface area contributed by atoms with Gasteiger partial charge < -0.3 is 0 Å². The number of imidazole rings is 1. The average Bonchev–Trinajstić information content (AvgIpc) is 3.65. The third kappa shape index (κ3) is 5.43. The van der Waals surface area contributed by atoms with E-state index in [-0.39, 0.29) is 0 Å². The van der Waals surface area contributed by atoms with Gasteiger partial charge in [-0.1, -0.05) is 127 Å². The molecule has 0 amide bonds. The van der Waals surface area contributed by atoms with Gasteiger partial charge in [-0.15, -0.1) is 0 Å². The van der Waals surface area contributed by atoms with E-state index in [1.54, 1.807) is 6.20 Å². The first-order valence-electron chi connectivity index (χ1n) is 17.7. The number of fused-ring (bicyclic) bond motifs is 5. The van der Waals surface area contributed by atoms with Crippen LogP contribution in [0, 0.1) is 0 Å². The van der Waals surface area contributed by atoms with Gasteiger partial charge in [0.1, 0.15) is 5.82 Å². The predicted molar refractivity (Wildman–Crippen MR) is 217 cm³/mol. The average molecular weight is 678 g/mol. The van der Waals surface area contributed by atoms with Crippen molar-refractivity contribution in [3.05, 3.63) is 188 Å². The second-order valence-corrected chi connectivity index (χ2v) is 13.1. The maximum absolute atomic E-state index is 5.42. The number of hydrogen-bond acceptors (Lipinski definition) is 4. The zero-order chi connectivity index (χ0) is 35.1. The molecule has 10 rings (SSSR count). The highest BCUT2D eigenvalue weighted by molar-refractivity contribution is 6.20. The lowest BCUT2D eigenvalue weighted by Crippen LogP contribution is -1.97. The van der Waals surface area contributed by atoms with E-state index in [4.69, 9.17) is 15.0 Å². The standard InChI is InChI=1S/C48H31N5/c1-3-11-36(12-4-1)48-52-47-44(53(48)38-14-5-2-6-15-38)29-28-40-39-16-7-8-17-43(39)51-46(45(40)47)35-26-22-33(23-27-35)32-20-24-34(25-21-32)41-18-9-19-42(50-41)37-13-10-30-49-31-37/h1-31H. The monoisotopic (exact) mass is 677 g/mol. The molecule has 0 N–H and O–H groups in total. The maximum Gasteiger partial charge on any atom is 0.145 e. The van der Waals surface area contributed by atoms with Crippen LogP contribution in [-0.4, -0.2) is 24.5 Å². The van der Waals surface area contributed by atoms with Crippen LogP contribution in [-0.2, 0) is 0 Å². The molecule has 10 aromatic rings. The molecule has 0 radical (unpaired) electrons. The summed E-state index contributed by atoms with van der Waals surface area (Å²) >= 11 is 0. The smallest absolute Gasteiger partial charge is 0.145 e. The molecule has 6 aromatic carbocycles. The molecule has 4 heterocycles. The zero-order valence-corrected chi connectivity index (χ0v) is 28.6. The molecule has 0 aliphatic rings. The van der Waals surface area contributed by atoms with Crippen molar-refractivity contribution in [3.8, 4) is 62.0 Å². The van der Waals surface area contributed by atoms with Gasteiger partial charge in [-0.3, -0.25) is 9.55 Å². The largest absolute Gasteiger partial charge is 0.292 e. The molecule has 0 bridgehead atoms. The van der Waals surface area contributed by atoms with Crippen LogP contribution in [0.4, 0.5) is 0 Å². The molecular weight excluding hydrogens is 647 g/mol. The van der Waals surface area contributed by atoms with E-state index in [9.17, 15) is 0 Å². The molecule has 0 saturated heterocycles. The fraction of sp³-hybridized carbons (Fsp3) is 0. The number of hydrogen-bond donors (Lipinski definition) is 0. The highest BCUT2D eigenvalue weighted by Crippen LogP contribution is 2.40. The molecule has 5 nitrogen and oxygen atoms in total. The number of nitrogens with zero attached hydrogens (tertiary/aromatic N) is 5. The molecule has 5 heteroatoms. The Morgan fingerprint density at radius 2 is 1.04 bits per heavy atom. The molecular formula is C48H31N5. The summed E-state index contributed by atoms with van der Waals surface area (Å²) in [5.41, 5.74) is 13.2. The third-order valence-corrected chi connectivity index (χ3v) is 9.92. The van der Waals surface area contributed by atoms with Crippen molar-refractivity contribution in [2.24, 2.45) is 0 Å². The lowest BCUT2D eigenvalue weighted by Gasteiger charge is -2.13. The lowest BCUT2D eigenvalue weighted by atomic mass is 9.96. The van der Waals surface area contributed by atoms with Gasteiger partial charge in [-0.05, 0) is 65.0 Å². The molecule has 0 atom stereocenters. The van der Waals surface area contributed by atoms with Crippen LogP contribution in [0.3, 0.4) is 0 Å². The van der Waals surface area contributed by atoms with Gasteiger partial charge in [-0.2, -0.15) is 0 Å². The van der Waals surface area contributed by atoms with Crippen LogP contribution in [0.5, 0.6) is 0 Å². The first-order chi connectivity index (χ1) is 26.3. The van der Waals surface area contributed by atoms with Crippen LogP contribution in [0.15, 0.2) is 188 Å². The van der Waals surface area contributed by atoms with Crippen molar-refractivity contribution in [1.82, 2.24) is 24.5 Å². The number of rotatable bonds is 6. The predicted octanol–water partition coefficient (Wildman–Crippen LogP) is 11.9. The summed E-state index contributed by atoms with van der Waals surface area (Å²) in [6, 6.07) is 61.2. The second-order valence-electron chi connectivity index (χ2n) is 13.1. The third-order valence-electron chi connectivity index (χ3n) is 9.92. The topological polar surface area (TPSA) is 56.5 Å². The van der Waals surface area contributed by atoms with Crippen LogP contribution in [0.25, 0.3) is 94.7 Å². The summed E-state index contributed by atoms with van der Waals surface area (Å²) in [4.78, 5) is 19.9. The maximum atomic E-state index is 5.42. The number of aromatic nitrogens is 5. The van der Waals surface area contributed by atoms with Crippen LogP contribution >= 0.6 is 0 Å². The van der Waals surface area contributed by atoms with E-state index in [0.717, 1.165) is 94.7 Å². The van der Waals surface area contributed by atoms with Crippen molar-refractivity contribution >= 4 is 32.7 Å². The van der Waals surface area contributed by atoms with Crippen molar-refractivity contribution in [2.45, 2.75) is 0 Å². The first kappa shape index (κ1) is 30.6. The Bertz CT molecular complexity index is 2900. The van der Waals surface area contributed by atoms with E-state index >= 15 is 0 Å².